The molecule has 4 aromatic rings. The fraction of sp³-hybridized carbons (Fsp3) is 0. The number of hydrogen-bond acceptors (Lipinski definition) is 4. The Hall–Kier alpha value is -1.24. The molecular formula is C28H22Cl2Na2O6S2. The molecule has 40 heavy (non-hydrogen) atoms. The van der Waals surface area contributed by atoms with Crippen LogP contribution in [0.5, 0.6) is 0 Å². The Balaban J connectivity index is 0.00000420. The van der Waals surface area contributed by atoms with E-state index in [2.05, 4.69) is 0 Å². The smallest absolute Gasteiger partial charge is 1.00 e. The van der Waals surface area contributed by atoms with Gasteiger partial charge in [0.05, 0.1) is 10.0 Å². The quantitative estimate of drug-likeness (QED) is 0.182. The maximum absolute atomic E-state index is 11.4. The monoisotopic (exact) mass is 634 g/mol. The van der Waals surface area contributed by atoms with Crippen LogP contribution < -0.4 is 59.1 Å². The van der Waals surface area contributed by atoms with Crippen molar-refractivity contribution in [2.75, 3.05) is 0 Å². The van der Waals surface area contributed by atoms with Gasteiger partial charge in [-0.1, -0.05) is 108 Å². The zero-order valence-corrected chi connectivity index (χ0v) is 28.6. The number of halogens is 2. The minimum atomic E-state index is -4.41. The first kappa shape index (κ1) is 35.0. The Morgan fingerprint density at radius 2 is 0.775 bits per heavy atom. The van der Waals surface area contributed by atoms with Crippen LogP contribution in [0.15, 0.2) is 94.7 Å². The summed E-state index contributed by atoms with van der Waals surface area (Å²) in [6.45, 7) is 0. The fourth-order valence-corrected chi connectivity index (χ4v) is 5.62. The molecule has 0 saturated heterocycles. The summed E-state index contributed by atoms with van der Waals surface area (Å²) in [5.74, 6) is 0. The van der Waals surface area contributed by atoms with E-state index >= 15 is 0 Å². The van der Waals surface area contributed by atoms with Crippen LogP contribution >= 0.6 is 23.2 Å². The van der Waals surface area contributed by atoms with Crippen molar-refractivity contribution in [3.63, 3.8) is 0 Å². The zero-order valence-electron chi connectivity index (χ0n) is 23.5. The molecule has 12 heteroatoms. The van der Waals surface area contributed by atoms with Gasteiger partial charge in [0.15, 0.2) is 0 Å². The van der Waals surface area contributed by atoms with Crippen LogP contribution in [0.3, 0.4) is 0 Å². The Morgan fingerprint density at radius 3 is 1.07 bits per heavy atom. The molecule has 6 nitrogen and oxygen atoms in total. The molecule has 0 unspecified atom stereocenters. The van der Waals surface area contributed by atoms with E-state index in [0.29, 0.717) is 11.1 Å². The molecule has 0 fully saturated rings. The van der Waals surface area contributed by atoms with Crippen LogP contribution in [0.25, 0.3) is 35.4 Å². The molecule has 0 aromatic heterocycles. The van der Waals surface area contributed by atoms with Gasteiger partial charge < -0.3 is 2.85 Å². The third kappa shape index (κ3) is 9.39. The van der Waals surface area contributed by atoms with Gasteiger partial charge in [0, 0.05) is 0 Å². The van der Waals surface area contributed by atoms with E-state index in [-0.39, 0.29) is 81.8 Å². The van der Waals surface area contributed by atoms with Crippen LogP contribution in [-0.2, 0) is 20.2 Å². The van der Waals surface area contributed by atoms with Gasteiger partial charge in [-0.25, -0.2) is 0 Å². The third-order valence-corrected chi connectivity index (χ3v) is 8.23. The fourth-order valence-electron chi connectivity index (χ4n) is 3.60. The molecule has 0 amide bonds. The third-order valence-electron chi connectivity index (χ3n) is 5.56. The molecular weight excluding hydrogens is 613 g/mol. The molecule has 0 radical (unpaired) electrons. The Kier molecular flexibility index (Phi) is 12.9. The van der Waals surface area contributed by atoms with E-state index in [1.807, 2.05) is 60.7 Å². The predicted octanol–water partition coefficient (Wildman–Crippen LogP) is 1.73. The SMILES string of the molecule is O=S(=O)(O)c1cc(C=Cc2ccc(-c3ccc(C=Cc4ccc(Cl)c(S(=O)(=O)O)c4)cc3)cc2)ccc1Cl.[H-].[H-].[Na+].[Na+]. The first-order chi connectivity index (χ1) is 17.9. The van der Waals surface area contributed by atoms with Gasteiger partial charge in [-0.05, 0) is 57.6 Å². The molecule has 0 heterocycles. The molecule has 0 spiro atoms. The maximum atomic E-state index is 11.4. The average Bonchev–Trinajstić information content (AvgIpc) is 2.87. The molecule has 2 N–H and O–H groups in total. The summed E-state index contributed by atoms with van der Waals surface area (Å²) < 4.78 is 64.3. The minimum absolute atomic E-state index is 0. The molecule has 4 rings (SSSR count). The zero-order chi connectivity index (χ0) is 27.5. The molecule has 198 valence electrons. The van der Waals surface area contributed by atoms with Crippen LogP contribution in [0, 0.1) is 0 Å². The van der Waals surface area contributed by atoms with Gasteiger partial charge in [-0.2, -0.15) is 16.8 Å². The van der Waals surface area contributed by atoms with Crippen LogP contribution in [0.2, 0.25) is 10.0 Å². The topological polar surface area (TPSA) is 109 Å². The second-order valence-electron chi connectivity index (χ2n) is 8.24. The van der Waals surface area contributed by atoms with E-state index in [1.165, 1.54) is 24.3 Å². The molecule has 0 aliphatic carbocycles. The van der Waals surface area contributed by atoms with Crippen LogP contribution in [0.1, 0.15) is 25.1 Å². The van der Waals surface area contributed by atoms with Gasteiger partial charge in [0.25, 0.3) is 20.2 Å². The summed E-state index contributed by atoms with van der Waals surface area (Å²) >= 11 is 11.7. The van der Waals surface area contributed by atoms with Gasteiger partial charge in [-0.15, -0.1) is 0 Å². The number of hydrogen-bond donors (Lipinski definition) is 2. The molecule has 0 aliphatic rings. The summed E-state index contributed by atoms with van der Waals surface area (Å²) in [6, 6.07) is 24.3. The van der Waals surface area contributed by atoms with E-state index in [0.717, 1.165) is 22.3 Å². The number of rotatable bonds is 7. The van der Waals surface area contributed by atoms with E-state index < -0.39 is 20.2 Å². The van der Waals surface area contributed by atoms with Gasteiger partial charge in [-0.3, -0.25) is 9.11 Å². The van der Waals surface area contributed by atoms with Gasteiger partial charge >= 0.3 is 59.1 Å². The summed E-state index contributed by atoms with van der Waals surface area (Å²) in [4.78, 5) is -0.683. The maximum Gasteiger partial charge on any atom is 1.00 e. The Bertz CT molecular complexity index is 1650. The summed E-state index contributed by atoms with van der Waals surface area (Å²) in [6.07, 6.45) is 7.08. The van der Waals surface area contributed by atoms with Crippen molar-refractivity contribution in [3.8, 4) is 11.1 Å². The van der Waals surface area contributed by atoms with Crippen molar-refractivity contribution in [2.24, 2.45) is 0 Å². The van der Waals surface area contributed by atoms with E-state index in [4.69, 9.17) is 23.2 Å². The van der Waals surface area contributed by atoms with E-state index in [1.54, 1.807) is 24.3 Å². The second-order valence-corrected chi connectivity index (χ2v) is 11.8. The largest absolute Gasteiger partial charge is 1.00 e. The van der Waals surface area contributed by atoms with Crippen molar-refractivity contribution < 1.29 is 87.9 Å². The van der Waals surface area contributed by atoms with Crippen LogP contribution in [-0.4, -0.2) is 25.9 Å². The summed E-state index contributed by atoms with van der Waals surface area (Å²) in [5.41, 5.74) is 4.92. The van der Waals surface area contributed by atoms with Crippen molar-refractivity contribution in [3.05, 3.63) is 117 Å². The summed E-state index contributed by atoms with van der Waals surface area (Å²) in [7, 11) is -8.82. The van der Waals surface area contributed by atoms with Gasteiger partial charge in [0.1, 0.15) is 9.79 Å². The minimum Gasteiger partial charge on any atom is -1.00 e. The molecule has 0 bridgehead atoms. The van der Waals surface area contributed by atoms with Crippen molar-refractivity contribution >= 4 is 67.7 Å². The molecule has 0 saturated carbocycles. The Morgan fingerprint density at radius 1 is 0.500 bits per heavy atom. The number of benzene rings is 4. The van der Waals surface area contributed by atoms with Gasteiger partial charge in [0.2, 0.25) is 0 Å². The van der Waals surface area contributed by atoms with Crippen molar-refractivity contribution in [2.45, 2.75) is 9.79 Å². The normalized spacial score (nSPS) is 11.8. The standard InChI is InChI=1S/C28H20Cl2O6S2.2Na.2H/c29-25-15-9-21(17-27(25)37(31,32)33)3-1-19-5-11-23(12-6-19)24-13-7-20(8-14-24)2-4-22-10-16-26(30)28(18-22)38(34,35)36;;;;/h1-18H,(H,31,32,33)(H,34,35,36);;;;/q;2*+1;2*-1. The molecule has 4 aromatic carbocycles. The second kappa shape index (κ2) is 14.8. The first-order valence-electron chi connectivity index (χ1n) is 11.0. The Labute approximate surface area is 290 Å². The predicted molar refractivity (Wildman–Crippen MR) is 154 cm³/mol. The molecule has 0 aliphatic heterocycles. The van der Waals surface area contributed by atoms with Crippen LogP contribution in [0.4, 0.5) is 0 Å². The van der Waals surface area contributed by atoms with E-state index in [9.17, 15) is 25.9 Å². The average molecular weight is 635 g/mol. The molecule has 0 atom stereocenters. The first-order valence-corrected chi connectivity index (χ1v) is 14.6. The summed E-state index contributed by atoms with van der Waals surface area (Å²) in [5, 5.41) is -0.0986. The van der Waals surface area contributed by atoms with Crippen molar-refractivity contribution in [1.29, 1.82) is 0 Å². The van der Waals surface area contributed by atoms with Crippen molar-refractivity contribution in [1.82, 2.24) is 0 Å².